The van der Waals surface area contributed by atoms with Crippen molar-refractivity contribution in [1.29, 1.82) is 0 Å². The summed E-state index contributed by atoms with van der Waals surface area (Å²) in [6.07, 6.45) is 0.673. The fourth-order valence-electron chi connectivity index (χ4n) is 8.10. The molecule has 10 atom stereocenters. The molecule has 0 aromatic carbocycles. The number of carbonyl (C=O) groups is 12. The third kappa shape index (κ3) is 20.4. The summed E-state index contributed by atoms with van der Waals surface area (Å²) in [6, 6.07) is -12.1. The SMILES string of the molecule is CSCC[C@H](NC(=O)[C@H](CC(C)C)NC(=O)[C@@H]1CCCN1C(=O)[C@@H]1CCCN1C(=O)CNC(=O)[C@@H](N)CCC(N)=O)C(=O)N[C@@H](CO)C(=O)N[C@H](C(=O)N[C@@H](CCC(N)=O)C(=O)N[C@H](C(=O)O)C(C)C)[C@@H](C)O. The summed E-state index contributed by atoms with van der Waals surface area (Å²) in [7, 11) is 0. The molecule has 2 fully saturated rings. The van der Waals surface area contributed by atoms with Crippen molar-refractivity contribution in [3.63, 3.8) is 0 Å². The minimum Gasteiger partial charge on any atom is -0.480 e. The lowest BCUT2D eigenvalue weighted by atomic mass is 10.0. The highest BCUT2D eigenvalue weighted by molar-refractivity contribution is 7.98. The van der Waals surface area contributed by atoms with Crippen LogP contribution in [0.4, 0.5) is 0 Å². The van der Waals surface area contributed by atoms with Crippen molar-refractivity contribution >= 4 is 82.7 Å². The van der Waals surface area contributed by atoms with E-state index in [-0.39, 0.29) is 57.5 Å². The van der Waals surface area contributed by atoms with Gasteiger partial charge < -0.3 is 79.5 Å². The third-order valence-corrected chi connectivity index (χ3v) is 12.8. The molecule has 0 unspecified atom stereocenters. The van der Waals surface area contributed by atoms with Gasteiger partial charge in [-0.25, -0.2) is 4.79 Å². The highest BCUT2D eigenvalue weighted by Gasteiger charge is 2.43. The van der Waals surface area contributed by atoms with Crippen LogP contribution >= 0.6 is 11.8 Å². The van der Waals surface area contributed by atoms with Crippen molar-refractivity contribution in [2.75, 3.05) is 38.2 Å². The molecule has 0 saturated carbocycles. The molecular weight excluding hydrogens is 981 g/mol. The minimum absolute atomic E-state index is 0.00114. The van der Waals surface area contributed by atoms with Gasteiger partial charge in [-0.3, -0.25) is 52.7 Å². The topological polar surface area (TPSA) is 434 Å². The Morgan fingerprint density at radius 2 is 1.14 bits per heavy atom. The number of nitrogens with zero attached hydrogens (tertiary/aromatic N) is 2. The number of amides is 11. The van der Waals surface area contributed by atoms with E-state index in [4.69, 9.17) is 17.2 Å². The molecule has 0 spiro atoms. The number of nitrogens with two attached hydrogens (primary N) is 3. The maximum Gasteiger partial charge on any atom is 0.326 e. The molecule has 73 heavy (non-hydrogen) atoms. The Morgan fingerprint density at radius 3 is 1.68 bits per heavy atom. The lowest BCUT2D eigenvalue weighted by Gasteiger charge is -2.32. The molecule has 0 aromatic heterocycles. The Hall–Kier alpha value is -6.13. The van der Waals surface area contributed by atoms with Crippen LogP contribution in [-0.2, 0) is 57.5 Å². The number of likely N-dealkylation sites (tertiary alicyclic amines) is 2. The number of primary amides is 2. The maximum atomic E-state index is 14.0. The van der Waals surface area contributed by atoms with Crippen molar-refractivity contribution < 1.29 is 72.9 Å². The Balaban J connectivity index is 2.21. The molecule has 0 aromatic rings. The quantitative estimate of drug-likeness (QED) is 0.0309. The van der Waals surface area contributed by atoms with Crippen LogP contribution in [0.1, 0.15) is 98.8 Å². The number of carboxylic acids is 1. The van der Waals surface area contributed by atoms with Crippen LogP contribution < -0.4 is 54.4 Å². The summed E-state index contributed by atoms with van der Waals surface area (Å²) in [5, 5.41) is 47.2. The second-order valence-electron chi connectivity index (χ2n) is 18.9. The maximum absolute atomic E-state index is 14.0. The highest BCUT2D eigenvalue weighted by atomic mass is 32.2. The first-order valence-corrected chi connectivity index (χ1v) is 25.7. The lowest BCUT2D eigenvalue weighted by molar-refractivity contribution is -0.147. The smallest absolute Gasteiger partial charge is 0.326 e. The molecular formula is C45H76N12O15S. The van der Waals surface area contributed by atoms with E-state index in [2.05, 4.69) is 37.2 Å². The molecule has 2 aliphatic heterocycles. The Bertz CT molecular complexity index is 1990. The molecule has 0 aliphatic carbocycles. The van der Waals surface area contributed by atoms with E-state index in [9.17, 15) is 72.9 Å². The molecule has 412 valence electrons. The third-order valence-electron chi connectivity index (χ3n) is 12.2. The predicted octanol–water partition coefficient (Wildman–Crippen LogP) is -5.24. The van der Waals surface area contributed by atoms with Crippen LogP contribution in [0.15, 0.2) is 0 Å². The molecule has 0 radical (unpaired) electrons. The van der Waals surface area contributed by atoms with Crippen LogP contribution in [0.3, 0.4) is 0 Å². The molecule has 0 bridgehead atoms. The van der Waals surface area contributed by atoms with Crippen molar-refractivity contribution in [3.05, 3.63) is 0 Å². The van der Waals surface area contributed by atoms with Gasteiger partial charge in [0.2, 0.25) is 65.0 Å². The number of carboxylic acid groups (broad SMARTS) is 1. The first-order chi connectivity index (χ1) is 34.2. The van der Waals surface area contributed by atoms with E-state index < -0.39 is 157 Å². The van der Waals surface area contributed by atoms with Gasteiger partial charge in [-0.1, -0.05) is 27.7 Å². The number of hydrogen-bond donors (Lipinski definition) is 13. The number of carbonyl (C=O) groups excluding carboxylic acids is 11. The molecule has 2 heterocycles. The van der Waals surface area contributed by atoms with Gasteiger partial charge in [0.15, 0.2) is 0 Å². The fourth-order valence-corrected chi connectivity index (χ4v) is 8.57. The Labute approximate surface area is 428 Å². The van der Waals surface area contributed by atoms with Gasteiger partial charge in [-0.15, -0.1) is 0 Å². The van der Waals surface area contributed by atoms with E-state index >= 15 is 0 Å². The number of thioether (sulfide) groups is 1. The van der Waals surface area contributed by atoms with Gasteiger partial charge in [0.25, 0.3) is 0 Å². The van der Waals surface area contributed by atoms with Crippen molar-refractivity contribution in [3.8, 4) is 0 Å². The summed E-state index contributed by atoms with van der Waals surface area (Å²) in [5.74, 6) is -10.7. The average molecular weight is 1060 g/mol. The Morgan fingerprint density at radius 1 is 0.630 bits per heavy atom. The number of rotatable bonds is 31. The largest absolute Gasteiger partial charge is 0.480 e. The number of aliphatic hydroxyl groups is 2. The molecule has 2 rings (SSSR count). The summed E-state index contributed by atoms with van der Waals surface area (Å²) in [5.41, 5.74) is 16.2. The molecule has 28 heteroatoms. The number of aliphatic hydroxyl groups excluding tert-OH is 2. The van der Waals surface area contributed by atoms with Crippen LogP contribution in [0.5, 0.6) is 0 Å². The number of nitrogens with one attached hydrogen (secondary N) is 7. The second-order valence-corrected chi connectivity index (χ2v) is 19.9. The van der Waals surface area contributed by atoms with Crippen molar-refractivity contribution in [1.82, 2.24) is 47.0 Å². The lowest BCUT2D eigenvalue weighted by Crippen LogP contribution is -2.62. The zero-order valence-electron chi connectivity index (χ0n) is 42.3. The van der Waals surface area contributed by atoms with E-state index in [1.807, 2.05) is 0 Å². The van der Waals surface area contributed by atoms with Gasteiger partial charge in [0.1, 0.15) is 48.3 Å². The molecule has 11 amide bonds. The van der Waals surface area contributed by atoms with Gasteiger partial charge >= 0.3 is 5.97 Å². The van der Waals surface area contributed by atoms with Crippen LogP contribution in [-0.4, -0.2) is 195 Å². The molecule has 2 aliphatic rings. The van der Waals surface area contributed by atoms with Crippen LogP contribution in [0.2, 0.25) is 0 Å². The normalized spacial score (nSPS) is 18.7. The van der Waals surface area contributed by atoms with Gasteiger partial charge in [-0.05, 0) is 82.1 Å². The predicted molar refractivity (Wildman–Crippen MR) is 263 cm³/mol. The van der Waals surface area contributed by atoms with Gasteiger partial charge in [0, 0.05) is 25.9 Å². The van der Waals surface area contributed by atoms with Crippen molar-refractivity contribution in [2.45, 2.75) is 159 Å². The summed E-state index contributed by atoms with van der Waals surface area (Å²) < 4.78 is 0. The Kier molecular flexibility index (Phi) is 26.6. The summed E-state index contributed by atoms with van der Waals surface area (Å²) >= 11 is 1.32. The monoisotopic (exact) mass is 1060 g/mol. The van der Waals surface area contributed by atoms with E-state index in [0.717, 1.165) is 6.92 Å². The summed E-state index contributed by atoms with van der Waals surface area (Å²) in [4.78, 5) is 159. The van der Waals surface area contributed by atoms with E-state index in [1.54, 1.807) is 20.1 Å². The second kappa shape index (κ2) is 30.8. The van der Waals surface area contributed by atoms with Gasteiger partial charge in [0.05, 0.1) is 25.3 Å². The zero-order chi connectivity index (χ0) is 55.3. The molecule has 16 N–H and O–H groups in total. The number of hydrogen-bond acceptors (Lipinski definition) is 16. The van der Waals surface area contributed by atoms with E-state index in [1.165, 1.54) is 35.4 Å². The number of aliphatic carboxylic acids is 1. The van der Waals surface area contributed by atoms with Crippen molar-refractivity contribution in [2.24, 2.45) is 29.0 Å². The van der Waals surface area contributed by atoms with Gasteiger partial charge in [-0.2, -0.15) is 11.8 Å². The average Bonchev–Trinajstić information content (AvgIpc) is 4.03. The van der Waals surface area contributed by atoms with Crippen LogP contribution in [0, 0.1) is 11.8 Å². The first-order valence-electron chi connectivity index (χ1n) is 24.3. The fraction of sp³-hybridized carbons (Fsp3) is 0.733. The highest BCUT2D eigenvalue weighted by Crippen LogP contribution is 2.25. The van der Waals surface area contributed by atoms with E-state index in [0.29, 0.717) is 25.0 Å². The minimum atomic E-state index is -1.83. The van der Waals surface area contributed by atoms with Crippen LogP contribution in [0.25, 0.3) is 0 Å². The first kappa shape index (κ1) is 63.0. The zero-order valence-corrected chi connectivity index (χ0v) is 43.1. The molecule has 2 saturated heterocycles. The summed E-state index contributed by atoms with van der Waals surface area (Å²) in [6.45, 7) is 6.65. The standard InChI is InChI=1S/C45H76N12O15S/c1-22(2)19-28(52-42(68)30-9-7-17-57(30)44(70)31-10-8-16-56(31)34(62)20-49-37(63)25(46)11-13-32(47)60)40(66)50-27(15-18-73-6)38(64)53-29(21-58)41(67)55-36(24(5)59)43(69)51-26(12-14-33(48)61)39(65)54-35(23(3)4)45(71)72/h22-31,35-36,58-59H,7-21,46H2,1-6H3,(H2,47,60)(H2,48,61)(H,49,63)(H,50,66)(H,51,69)(H,52,68)(H,53,64)(H,54,65)(H,55,67)(H,71,72)/t24-,25+,26+,27+,28+,29+,30+,31+,35+,36+/m1/s1. The molecule has 27 nitrogen and oxygen atoms in total.